The molecule has 2 aliphatic heterocycles. The van der Waals surface area contributed by atoms with Crippen LogP contribution in [0.4, 0.5) is 0 Å². The van der Waals surface area contributed by atoms with Crippen LogP contribution in [0.25, 0.3) is 0 Å². The fourth-order valence-corrected chi connectivity index (χ4v) is 7.12. The highest BCUT2D eigenvalue weighted by molar-refractivity contribution is 7.91. The summed E-state index contributed by atoms with van der Waals surface area (Å²) in [5, 5.41) is 7.61. The van der Waals surface area contributed by atoms with Crippen molar-refractivity contribution in [3.8, 4) is 0 Å². The predicted molar refractivity (Wildman–Crippen MR) is 110 cm³/mol. The molecule has 2 aromatic rings. The largest absolute Gasteiger partial charge is 0.310 e. The molecule has 0 spiro atoms. The van der Waals surface area contributed by atoms with Gasteiger partial charge in [-0.05, 0) is 24.8 Å². The fourth-order valence-electron chi connectivity index (χ4n) is 4.01. The number of aromatic nitrogens is 2. The van der Waals surface area contributed by atoms with Crippen molar-refractivity contribution in [2.45, 2.75) is 42.8 Å². The smallest absolute Gasteiger partial charge is 0.246 e. The van der Waals surface area contributed by atoms with Gasteiger partial charge < -0.3 is 5.32 Å². The highest BCUT2D eigenvalue weighted by Gasteiger charge is 2.33. The summed E-state index contributed by atoms with van der Waals surface area (Å²) in [6.07, 6.45) is 4.98. The van der Waals surface area contributed by atoms with Crippen LogP contribution < -0.4 is 5.32 Å². The average Bonchev–Trinajstić information content (AvgIpc) is 3.29. The summed E-state index contributed by atoms with van der Waals surface area (Å²) in [5.74, 6) is 0.428. The molecule has 0 saturated carbocycles. The van der Waals surface area contributed by atoms with Crippen molar-refractivity contribution in [2.75, 3.05) is 24.6 Å². The average molecular weight is 439 g/mol. The Kier molecular flexibility index (Phi) is 5.78. The van der Waals surface area contributed by atoms with Gasteiger partial charge in [0.2, 0.25) is 10.0 Å². The van der Waals surface area contributed by atoms with Crippen molar-refractivity contribution in [2.24, 2.45) is 0 Å². The molecule has 1 atom stereocenters. The molecule has 3 heterocycles. The molecule has 1 aromatic heterocycles. The Hall–Kier alpha value is -1.75. The first kappa shape index (κ1) is 20.5. The molecule has 29 heavy (non-hydrogen) atoms. The van der Waals surface area contributed by atoms with Crippen molar-refractivity contribution >= 4 is 19.9 Å². The maximum absolute atomic E-state index is 13.0. The van der Waals surface area contributed by atoms with Gasteiger partial charge in [-0.2, -0.15) is 9.40 Å². The molecule has 0 amide bonds. The van der Waals surface area contributed by atoms with Crippen LogP contribution in [0.3, 0.4) is 0 Å². The first-order valence-corrected chi connectivity index (χ1v) is 13.1. The van der Waals surface area contributed by atoms with E-state index in [0.717, 1.165) is 5.56 Å². The molecule has 8 nitrogen and oxygen atoms in total. The van der Waals surface area contributed by atoms with Crippen LogP contribution in [0.2, 0.25) is 0 Å². The first-order chi connectivity index (χ1) is 13.8. The van der Waals surface area contributed by atoms with Crippen LogP contribution in [0.5, 0.6) is 0 Å². The van der Waals surface area contributed by atoms with E-state index < -0.39 is 19.9 Å². The lowest BCUT2D eigenvalue weighted by molar-refractivity contribution is 0.277. The minimum Gasteiger partial charge on any atom is -0.310 e. The van der Waals surface area contributed by atoms with Gasteiger partial charge in [-0.1, -0.05) is 30.3 Å². The maximum Gasteiger partial charge on any atom is 0.246 e. The van der Waals surface area contributed by atoms with E-state index in [4.69, 9.17) is 0 Å². The van der Waals surface area contributed by atoms with Crippen LogP contribution in [0, 0.1) is 0 Å². The molecular formula is C19H26N4O4S2. The Labute approximate surface area is 171 Å². The Bertz CT molecular complexity index is 1040. The van der Waals surface area contributed by atoms with E-state index in [1.165, 1.54) is 10.5 Å². The quantitative estimate of drug-likeness (QED) is 0.718. The van der Waals surface area contributed by atoms with Crippen molar-refractivity contribution in [1.82, 2.24) is 19.4 Å². The van der Waals surface area contributed by atoms with Crippen molar-refractivity contribution in [1.29, 1.82) is 0 Å². The van der Waals surface area contributed by atoms with Gasteiger partial charge in [0.15, 0.2) is 9.84 Å². The standard InChI is InChI=1S/C19H26N4O4S2/c24-28(25)11-8-18(15-28)21-17-6-9-23(10-7-17)29(26,27)19-12-20-22(14-19)13-16-4-2-1-3-5-16/h1-5,12,14,17-18,21H,6-11,13,15H2/t18-/m0/s1. The lowest BCUT2D eigenvalue weighted by Crippen LogP contribution is -2.48. The Morgan fingerprint density at radius 1 is 1.07 bits per heavy atom. The molecule has 0 radical (unpaired) electrons. The summed E-state index contributed by atoms with van der Waals surface area (Å²) >= 11 is 0. The molecule has 10 heteroatoms. The van der Waals surface area contributed by atoms with Crippen LogP contribution >= 0.6 is 0 Å². The molecule has 2 saturated heterocycles. The number of hydrogen-bond acceptors (Lipinski definition) is 6. The van der Waals surface area contributed by atoms with E-state index in [1.54, 1.807) is 10.9 Å². The van der Waals surface area contributed by atoms with Gasteiger partial charge in [0.25, 0.3) is 0 Å². The molecule has 2 aliphatic rings. The van der Waals surface area contributed by atoms with E-state index in [0.29, 0.717) is 38.9 Å². The monoisotopic (exact) mass is 438 g/mol. The highest BCUT2D eigenvalue weighted by Crippen LogP contribution is 2.22. The summed E-state index contributed by atoms with van der Waals surface area (Å²) in [6, 6.07) is 9.91. The third-order valence-corrected chi connectivity index (χ3v) is 9.21. The number of nitrogens with zero attached hydrogens (tertiary/aromatic N) is 3. The molecule has 0 bridgehead atoms. The van der Waals surface area contributed by atoms with E-state index in [1.807, 2.05) is 30.3 Å². The molecule has 1 N–H and O–H groups in total. The normalized spacial score (nSPS) is 23.4. The van der Waals surface area contributed by atoms with E-state index in [-0.39, 0.29) is 28.5 Å². The number of nitrogens with one attached hydrogen (secondary N) is 1. The number of benzene rings is 1. The van der Waals surface area contributed by atoms with Crippen molar-refractivity contribution in [3.05, 3.63) is 48.3 Å². The molecule has 0 aliphatic carbocycles. The van der Waals surface area contributed by atoms with E-state index in [9.17, 15) is 16.8 Å². The van der Waals surface area contributed by atoms with Gasteiger partial charge in [0, 0.05) is 31.4 Å². The molecule has 1 aromatic carbocycles. The Morgan fingerprint density at radius 3 is 2.45 bits per heavy atom. The number of piperidine rings is 1. The summed E-state index contributed by atoms with van der Waals surface area (Å²) in [5.41, 5.74) is 1.06. The number of sulfonamides is 1. The lowest BCUT2D eigenvalue weighted by Gasteiger charge is -2.32. The molecular weight excluding hydrogens is 412 g/mol. The summed E-state index contributed by atoms with van der Waals surface area (Å²) < 4.78 is 52.3. The van der Waals surface area contributed by atoms with Gasteiger partial charge in [-0.3, -0.25) is 4.68 Å². The van der Waals surface area contributed by atoms with E-state index >= 15 is 0 Å². The maximum atomic E-state index is 13.0. The third kappa shape index (κ3) is 4.88. The molecule has 2 fully saturated rings. The lowest BCUT2D eigenvalue weighted by atomic mass is 10.1. The number of rotatable bonds is 6. The second kappa shape index (κ2) is 8.17. The Morgan fingerprint density at radius 2 is 1.79 bits per heavy atom. The first-order valence-electron chi connectivity index (χ1n) is 9.85. The molecule has 158 valence electrons. The van der Waals surface area contributed by atoms with Gasteiger partial charge >= 0.3 is 0 Å². The fraction of sp³-hybridized carbons (Fsp3) is 0.526. The Balaban J connectivity index is 1.34. The topological polar surface area (TPSA) is 101 Å². The van der Waals surface area contributed by atoms with Crippen LogP contribution in [-0.4, -0.2) is 67.6 Å². The van der Waals surface area contributed by atoms with Gasteiger partial charge in [0.1, 0.15) is 4.90 Å². The highest BCUT2D eigenvalue weighted by atomic mass is 32.2. The molecule has 4 rings (SSSR count). The third-order valence-electron chi connectivity index (χ3n) is 5.59. The summed E-state index contributed by atoms with van der Waals surface area (Å²) in [4.78, 5) is 0.210. The predicted octanol–water partition coefficient (Wildman–Crippen LogP) is 0.861. The van der Waals surface area contributed by atoms with Crippen LogP contribution in [-0.2, 0) is 26.4 Å². The van der Waals surface area contributed by atoms with Crippen LogP contribution in [0.1, 0.15) is 24.8 Å². The summed E-state index contributed by atoms with van der Waals surface area (Å²) in [7, 11) is -6.49. The summed E-state index contributed by atoms with van der Waals surface area (Å²) in [6.45, 7) is 1.36. The van der Waals surface area contributed by atoms with Crippen molar-refractivity contribution < 1.29 is 16.8 Å². The second-order valence-corrected chi connectivity index (χ2v) is 12.0. The zero-order valence-corrected chi connectivity index (χ0v) is 17.8. The number of hydrogen-bond donors (Lipinski definition) is 1. The van der Waals surface area contributed by atoms with Crippen LogP contribution in [0.15, 0.2) is 47.6 Å². The zero-order valence-electron chi connectivity index (χ0n) is 16.1. The minimum atomic E-state index is -3.58. The van der Waals surface area contributed by atoms with Gasteiger partial charge in [-0.15, -0.1) is 0 Å². The van der Waals surface area contributed by atoms with E-state index in [2.05, 4.69) is 10.4 Å². The second-order valence-electron chi connectivity index (χ2n) is 7.80. The van der Waals surface area contributed by atoms with Crippen molar-refractivity contribution in [3.63, 3.8) is 0 Å². The SMILES string of the molecule is O=S1(=O)CC[C@H](NC2CCN(S(=O)(=O)c3cnn(Cc4ccccc4)c3)CC2)C1. The number of sulfone groups is 1. The van der Waals surface area contributed by atoms with Gasteiger partial charge in [0.05, 0.1) is 24.2 Å². The zero-order chi connectivity index (χ0) is 20.5. The van der Waals surface area contributed by atoms with Gasteiger partial charge in [-0.25, -0.2) is 16.8 Å². The molecule has 0 unspecified atom stereocenters. The minimum absolute atomic E-state index is 0.00984.